The number of halogens is 2. The lowest BCUT2D eigenvalue weighted by Crippen LogP contribution is -2.36. The van der Waals surface area contributed by atoms with E-state index < -0.39 is 17.7 Å². The van der Waals surface area contributed by atoms with Crippen molar-refractivity contribution in [3.05, 3.63) is 59.7 Å². The molecule has 0 aliphatic heterocycles. The van der Waals surface area contributed by atoms with Gasteiger partial charge in [-0.05, 0) is 49.6 Å². The van der Waals surface area contributed by atoms with E-state index in [0.717, 1.165) is 18.1 Å². The molecule has 2 aromatic carbocycles. The first kappa shape index (κ1) is 16.7. The van der Waals surface area contributed by atoms with Crippen LogP contribution in [0.1, 0.15) is 18.9 Å². The largest absolute Gasteiger partial charge is 0.508 e. The molecule has 0 saturated heterocycles. The lowest BCUT2D eigenvalue weighted by atomic mass is 10.1. The molecule has 0 aliphatic rings. The van der Waals surface area contributed by atoms with Gasteiger partial charge < -0.3 is 15.7 Å². The summed E-state index contributed by atoms with van der Waals surface area (Å²) in [5.41, 5.74) is 0.969. The van der Waals surface area contributed by atoms with Crippen LogP contribution in [0.2, 0.25) is 0 Å². The molecule has 122 valence electrons. The average molecular weight is 320 g/mol. The third-order valence-electron chi connectivity index (χ3n) is 3.36. The molecule has 2 amide bonds. The lowest BCUT2D eigenvalue weighted by molar-refractivity contribution is 0.248. The fourth-order valence-corrected chi connectivity index (χ4v) is 2.09. The molecule has 0 unspecified atom stereocenters. The first-order valence-corrected chi connectivity index (χ1v) is 7.24. The number of rotatable bonds is 5. The minimum atomic E-state index is -0.822. The Morgan fingerprint density at radius 1 is 1.17 bits per heavy atom. The van der Waals surface area contributed by atoms with E-state index in [1.807, 2.05) is 19.1 Å². The Morgan fingerprint density at radius 2 is 1.87 bits per heavy atom. The minimum absolute atomic E-state index is 0.0744. The molecule has 0 heterocycles. The number of urea groups is 1. The van der Waals surface area contributed by atoms with Gasteiger partial charge in [0.15, 0.2) is 0 Å². The predicted octanol–water partition coefficient (Wildman–Crippen LogP) is 3.81. The van der Waals surface area contributed by atoms with Gasteiger partial charge in [0.05, 0.1) is 5.69 Å². The monoisotopic (exact) mass is 320 g/mol. The molecule has 23 heavy (non-hydrogen) atoms. The number of phenols is 1. The SMILES string of the molecule is C[C@@H](CCc1ccc(O)cc1)NC(=O)Nc1ccc(F)cc1F. The van der Waals surface area contributed by atoms with Crippen molar-refractivity contribution in [1.82, 2.24) is 5.32 Å². The van der Waals surface area contributed by atoms with Gasteiger partial charge in [-0.3, -0.25) is 0 Å². The van der Waals surface area contributed by atoms with Gasteiger partial charge in [0.1, 0.15) is 17.4 Å². The zero-order chi connectivity index (χ0) is 16.8. The fourth-order valence-electron chi connectivity index (χ4n) is 2.09. The molecule has 1 atom stereocenters. The summed E-state index contributed by atoms with van der Waals surface area (Å²) < 4.78 is 26.2. The molecule has 0 aromatic heterocycles. The van der Waals surface area contributed by atoms with Crippen molar-refractivity contribution < 1.29 is 18.7 Å². The molecule has 0 radical (unpaired) electrons. The van der Waals surface area contributed by atoms with Gasteiger partial charge in [0, 0.05) is 12.1 Å². The topological polar surface area (TPSA) is 61.4 Å². The fraction of sp³-hybridized carbons (Fsp3) is 0.235. The number of hydrogen-bond donors (Lipinski definition) is 3. The summed E-state index contributed by atoms with van der Waals surface area (Å²) in [6.07, 6.45) is 1.41. The maximum atomic E-state index is 13.4. The van der Waals surface area contributed by atoms with E-state index in [1.165, 1.54) is 6.07 Å². The molecule has 0 bridgehead atoms. The number of phenolic OH excluding ortho intramolecular Hbond substituents is 1. The maximum Gasteiger partial charge on any atom is 0.319 e. The van der Waals surface area contributed by atoms with Crippen LogP contribution in [0.4, 0.5) is 19.3 Å². The van der Waals surface area contributed by atoms with Crippen molar-refractivity contribution in [2.24, 2.45) is 0 Å². The number of anilines is 1. The highest BCUT2D eigenvalue weighted by Gasteiger charge is 2.10. The molecular weight excluding hydrogens is 302 g/mol. The van der Waals surface area contributed by atoms with Crippen LogP contribution in [-0.2, 0) is 6.42 Å². The molecule has 2 rings (SSSR count). The van der Waals surface area contributed by atoms with Gasteiger partial charge in [0.2, 0.25) is 0 Å². The first-order valence-electron chi connectivity index (χ1n) is 7.24. The molecular formula is C17H18F2N2O2. The number of carbonyl (C=O) groups is 1. The quantitative estimate of drug-likeness (QED) is 0.784. The molecule has 0 saturated carbocycles. The van der Waals surface area contributed by atoms with Crippen molar-refractivity contribution in [3.63, 3.8) is 0 Å². The van der Waals surface area contributed by atoms with Crippen LogP contribution < -0.4 is 10.6 Å². The van der Waals surface area contributed by atoms with E-state index in [-0.39, 0.29) is 17.5 Å². The second-order valence-corrected chi connectivity index (χ2v) is 5.33. The number of carbonyl (C=O) groups excluding carboxylic acids is 1. The molecule has 2 aromatic rings. The normalized spacial score (nSPS) is 11.8. The number of benzene rings is 2. The summed E-state index contributed by atoms with van der Waals surface area (Å²) in [4.78, 5) is 11.8. The van der Waals surface area contributed by atoms with Crippen LogP contribution in [0.5, 0.6) is 5.75 Å². The summed E-state index contributed by atoms with van der Waals surface area (Å²) >= 11 is 0. The predicted molar refractivity (Wildman–Crippen MR) is 84.4 cm³/mol. The Morgan fingerprint density at radius 3 is 2.52 bits per heavy atom. The Labute approximate surface area is 133 Å². The minimum Gasteiger partial charge on any atom is -0.508 e. The number of aromatic hydroxyl groups is 1. The summed E-state index contributed by atoms with van der Waals surface area (Å²) in [5.74, 6) is -1.31. The summed E-state index contributed by atoms with van der Waals surface area (Å²) in [6.45, 7) is 1.83. The molecule has 0 spiro atoms. The molecule has 3 N–H and O–H groups in total. The van der Waals surface area contributed by atoms with Crippen LogP contribution in [-0.4, -0.2) is 17.2 Å². The molecule has 4 nitrogen and oxygen atoms in total. The highest BCUT2D eigenvalue weighted by Crippen LogP contribution is 2.15. The van der Waals surface area contributed by atoms with Crippen LogP contribution >= 0.6 is 0 Å². The second kappa shape index (κ2) is 7.58. The first-order chi connectivity index (χ1) is 10.9. The number of nitrogens with one attached hydrogen (secondary N) is 2. The van der Waals surface area contributed by atoms with Crippen molar-refractivity contribution in [1.29, 1.82) is 0 Å². The Kier molecular flexibility index (Phi) is 5.51. The highest BCUT2D eigenvalue weighted by molar-refractivity contribution is 5.89. The number of amides is 2. The summed E-state index contributed by atoms with van der Waals surface area (Å²) in [5, 5.41) is 14.3. The Balaban J connectivity index is 1.81. The van der Waals surface area contributed by atoms with Crippen LogP contribution in [0, 0.1) is 11.6 Å². The Hall–Kier alpha value is -2.63. The van der Waals surface area contributed by atoms with Gasteiger partial charge in [-0.15, -0.1) is 0 Å². The van der Waals surface area contributed by atoms with Crippen molar-refractivity contribution in [3.8, 4) is 5.75 Å². The van der Waals surface area contributed by atoms with Crippen molar-refractivity contribution in [2.75, 3.05) is 5.32 Å². The van der Waals surface area contributed by atoms with Crippen LogP contribution in [0.3, 0.4) is 0 Å². The maximum absolute atomic E-state index is 13.4. The Bertz CT molecular complexity index is 675. The van der Waals surface area contributed by atoms with Crippen LogP contribution in [0.15, 0.2) is 42.5 Å². The zero-order valence-electron chi connectivity index (χ0n) is 12.6. The van der Waals surface area contributed by atoms with Gasteiger partial charge in [0.25, 0.3) is 0 Å². The van der Waals surface area contributed by atoms with Crippen LogP contribution in [0.25, 0.3) is 0 Å². The third-order valence-corrected chi connectivity index (χ3v) is 3.36. The van der Waals surface area contributed by atoms with Crippen molar-refractivity contribution >= 4 is 11.7 Å². The van der Waals surface area contributed by atoms with E-state index in [4.69, 9.17) is 0 Å². The highest BCUT2D eigenvalue weighted by atomic mass is 19.1. The van der Waals surface area contributed by atoms with E-state index in [9.17, 15) is 18.7 Å². The smallest absolute Gasteiger partial charge is 0.319 e. The number of aryl methyl sites for hydroxylation is 1. The standard InChI is InChI=1S/C17H18F2N2O2/c1-11(2-3-12-4-7-14(22)8-5-12)20-17(23)21-16-9-6-13(18)10-15(16)19/h4-11,22H,2-3H2,1H3,(H2,20,21,23)/t11-/m0/s1. The second-order valence-electron chi connectivity index (χ2n) is 5.33. The molecule has 0 aliphatic carbocycles. The third kappa shape index (κ3) is 5.25. The van der Waals surface area contributed by atoms with Gasteiger partial charge in [-0.2, -0.15) is 0 Å². The van der Waals surface area contributed by atoms with Gasteiger partial charge >= 0.3 is 6.03 Å². The summed E-state index contributed by atoms with van der Waals surface area (Å²) in [6, 6.07) is 9.13. The van der Waals surface area contributed by atoms with E-state index >= 15 is 0 Å². The van der Waals surface area contributed by atoms with E-state index in [0.29, 0.717) is 12.5 Å². The van der Waals surface area contributed by atoms with E-state index in [2.05, 4.69) is 10.6 Å². The van der Waals surface area contributed by atoms with Gasteiger partial charge in [-0.25, -0.2) is 13.6 Å². The molecule has 0 fully saturated rings. The van der Waals surface area contributed by atoms with Crippen molar-refractivity contribution in [2.45, 2.75) is 25.8 Å². The molecule has 6 heteroatoms. The van der Waals surface area contributed by atoms with Gasteiger partial charge in [-0.1, -0.05) is 12.1 Å². The zero-order valence-corrected chi connectivity index (χ0v) is 12.6. The average Bonchev–Trinajstić information content (AvgIpc) is 2.49. The number of hydrogen-bond acceptors (Lipinski definition) is 2. The summed E-state index contributed by atoms with van der Waals surface area (Å²) in [7, 11) is 0. The van der Waals surface area contributed by atoms with E-state index in [1.54, 1.807) is 12.1 Å². The lowest BCUT2D eigenvalue weighted by Gasteiger charge is -2.15.